The highest BCUT2D eigenvalue weighted by molar-refractivity contribution is 6.01. The van der Waals surface area contributed by atoms with Gasteiger partial charge in [-0.2, -0.15) is 5.10 Å². The summed E-state index contributed by atoms with van der Waals surface area (Å²) in [5, 5.41) is 9.89. The number of carbonyl (C=O) groups is 3. The normalized spacial score (nSPS) is 21.1. The summed E-state index contributed by atoms with van der Waals surface area (Å²) < 4.78 is 43.6. The van der Waals surface area contributed by atoms with Crippen LogP contribution in [0, 0.1) is 29.0 Å². The zero-order valence-corrected chi connectivity index (χ0v) is 26.2. The topological polar surface area (TPSA) is 96.3 Å². The number of likely N-dealkylation sites (tertiary alicyclic amines) is 1. The number of halogens is 3. The molecule has 0 bridgehead atoms. The summed E-state index contributed by atoms with van der Waals surface area (Å²) in [6.45, 7) is 10.1. The Morgan fingerprint density at radius 2 is 1.59 bits per heavy atom. The van der Waals surface area contributed by atoms with Crippen molar-refractivity contribution in [2.24, 2.45) is 23.2 Å². The molecule has 4 aliphatic rings. The monoisotopic (exact) mass is 615 g/mol. The van der Waals surface area contributed by atoms with Gasteiger partial charge in [-0.05, 0) is 88.0 Å². The lowest BCUT2D eigenvalue weighted by molar-refractivity contribution is -0.215. The third-order valence-electron chi connectivity index (χ3n) is 9.43. The van der Waals surface area contributed by atoms with E-state index < -0.39 is 40.9 Å². The molecule has 4 fully saturated rings. The van der Waals surface area contributed by atoms with Crippen LogP contribution in [-0.2, 0) is 9.59 Å². The van der Waals surface area contributed by atoms with Gasteiger partial charge in [0.2, 0.25) is 17.7 Å². The van der Waals surface area contributed by atoms with Crippen LogP contribution < -0.4 is 10.6 Å². The molecule has 2 atom stereocenters. The van der Waals surface area contributed by atoms with Gasteiger partial charge in [-0.15, -0.1) is 0 Å². The molecule has 3 amide bonds. The van der Waals surface area contributed by atoms with Crippen LogP contribution in [0.15, 0.2) is 30.5 Å². The van der Waals surface area contributed by atoms with Gasteiger partial charge >= 0.3 is 0 Å². The van der Waals surface area contributed by atoms with Crippen LogP contribution in [0.25, 0.3) is 0 Å². The zero-order valence-electron chi connectivity index (χ0n) is 26.2. The third kappa shape index (κ3) is 6.52. The smallest absolute Gasteiger partial charge is 0.270 e. The van der Waals surface area contributed by atoms with E-state index in [2.05, 4.69) is 15.7 Å². The minimum Gasteiger partial charge on any atom is -0.341 e. The molecule has 8 nitrogen and oxygen atoms in total. The van der Waals surface area contributed by atoms with Gasteiger partial charge in [0, 0.05) is 43.6 Å². The van der Waals surface area contributed by atoms with E-state index in [1.54, 1.807) is 34.8 Å². The number of amides is 3. The quantitative estimate of drug-likeness (QED) is 0.335. The Labute approximate surface area is 257 Å². The molecule has 44 heavy (non-hydrogen) atoms. The van der Waals surface area contributed by atoms with Crippen molar-refractivity contribution in [1.29, 1.82) is 0 Å². The predicted molar refractivity (Wildman–Crippen MR) is 161 cm³/mol. The number of benzene rings is 1. The van der Waals surface area contributed by atoms with E-state index in [1.807, 2.05) is 27.7 Å². The number of carbonyl (C=O) groups excluding carboxylic acids is 3. The van der Waals surface area contributed by atoms with Crippen molar-refractivity contribution < 1.29 is 27.6 Å². The van der Waals surface area contributed by atoms with Gasteiger partial charge in [0.05, 0.1) is 11.6 Å². The molecular formula is C33H44F3N5O3. The highest BCUT2D eigenvalue weighted by atomic mass is 19.3. The average molecular weight is 616 g/mol. The van der Waals surface area contributed by atoms with E-state index in [4.69, 9.17) is 0 Å². The number of hydrogen-bond acceptors (Lipinski definition) is 4. The largest absolute Gasteiger partial charge is 0.341 e. The molecule has 1 aromatic carbocycles. The molecule has 2 aromatic rings. The number of hydrogen-bond donors (Lipinski definition) is 2. The van der Waals surface area contributed by atoms with Crippen molar-refractivity contribution in [1.82, 2.24) is 20.0 Å². The van der Waals surface area contributed by atoms with Crippen molar-refractivity contribution in [2.75, 3.05) is 18.4 Å². The van der Waals surface area contributed by atoms with E-state index in [1.165, 1.54) is 12.1 Å². The molecule has 1 saturated heterocycles. The van der Waals surface area contributed by atoms with E-state index in [0.717, 1.165) is 25.7 Å². The van der Waals surface area contributed by atoms with Crippen LogP contribution in [0.5, 0.6) is 0 Å². The molecule has 11 heteroatoms. The van der Waals surface area contributed by atoms with Crippen LogP contribution in [0.2, 0.25) is 0 Å². The third-order valence-corrected chi connectivity index (χ3v) is 9.43. The summed E-state index contributed by atoms with van der Waals surface area (Å²) in [6, 6.07) is 5.03. The first-order chi connectivity index (χ1) is 20.9. The standard InChI is InChI=1S/C31H38F3N5O3.C2H6/c1-17(2)39-24(10-11-35-39)27(40)37-26(25(19-4-5-19)20-6-7-20)28(41)36-23-9-8-21(12-22(23)32)18(3)29(42)38-15-30(16-38)13-31(33,34)14-30;1-2/h8-12,17-20,25-26H,4-7,13-16H2,1-3H3,(H,36,41)(H,37,40);1-2H3. The number of nitrogens with one attached hydrogen (secondary N) is 2. The lowest BCUT2D eigenvalue weighted by atomic mass is 9.61. The summed E-state index contributed by atoms with van der Waals surface area (Å²) in [5.74, 6) is -4.42. The number of anilines is 1. The predicted octanol–water partition coefficient (Wildman–Crippen LogP) is 6.16. The molecule has 3 saturated carbocycles. The second-order valence-electron chi connectivity index (χ2n) is 13.3. The molecule has 2 heterocycles. The molecule has 0 radical (unpaired) electrons. The molecular weight excluding hydrogens is 571 g/mol. The van der Waals surface area contributed by atoms with Crippen LogP contribution in [-0.4, -0.2) is 57.5 Å². The maximum atomic E-state index is 15.3. The molecule has 240 valence electrons. The Hall–Kier alpha value is -3.37. The molecule has 1 aliphatic heterocycles. The van der Waals surface area contributed by atoms with Crippen LogP contribution in [0.1, 0.15) is 101 Å². The minimum absolute atomic E-state index is 0.0279. The Morgan fingerprint density at radius 3 is 2.11 bits per heavy atom. The van der Waals surface area contributed by atoms with E-state index in [0.29, 0.717) is 36.2 Å². The lowest BCUT2D eigenvalue weighted by Gasteiger charge is -2.58. The summed E-state index contributed by atoms with van der Waals surface area (Å²) in [6.07, 6.45) is 5.18. The second kappa shape index (κ2) is 12.2. The van der Waals surface area contributed by atoms with Crippen molar-refractivity contribution in [3.63, 3.8) is 0 Å². The van der Waals surface area contributed by atoms with Crippen LogP contribution >= 0.6 is 0 Å². The van der Waals surface area contributed by atoms with Crippen molar-refractivity contribution >= 4 is 23.4 Å². The molecule has 2 N–H and O–H groups in total. The van der Waals surface area contributed by atoms with Gasteiger partial charge in [-0.1, -0.05) is 19.9 Å². The second-order valence-corrected chi connectivity index (χ2v) is 13.3. The summed E-state index contributed by atoms with van der Waals surface area (Å²) >= 11 is 0. The Kier molecular flexibility index (Phi) is 8.88. The fraction of sp³-hybridized carbons (Fsp3) is 0.636. The number of aromatic nitrogens is 2. The first-order valence-electron chi connectivity index (χ1n) is 16.0. The van der Waals surface area contributed by atoms with Crippen molar-refractivity contribution in [3.8, 4) is 0 Å². The van der Waals surface area contributed by atoms with Gasteiger partial charge in [0.1, 0.15) is 17.6 Å². The Balaban J connectivity index is 0.00000188. The van der Waals surface area contributed by atoms with Gasteiger partial charge in [0.25, 0.3) is 5.91 Å². The molecule has 1 aromatic heterocycles. The van der Waals surface area contributed by atoms with Gasteiger partial charge in [-0.25, -0.2) is 13.2 Å². The minimum atomic E-state index is -2.64. The van der Waals surface area contributed by atoms with E-state index >= 15 is 4.39 Å². The van der Waals surface area contributed by atoms with Gasteiger partial charge < -0.3 is 15.5 Å². The average Bonchev–Trinajstić information content (AvgIpc) is 3.90. The maximum absolute atomic E-state index is 15.3. The molecule has 2 unspecified atom stereocenters. The molecule has 1 spiro atoms. The van der Waals surface area contributed by atoms with Gasteiger partial charge in [-0.3, -0.25) is 19.1 Å². The maximum Gasteiger partial charge on any atom is 0.270 e. The van der Waals surface area contributed by atoms with Crippen LogP contribution in [0.3, 0.4) is 0 Å². The Bertz CT molecular complexity index is 1370. The lowest BCUT2D eigenvalue weighted by Crippen LogP contribution is -2.67. The van der Waals surface area contributed by atoms with Crippen molar-refractivity contribution in [2.45, 2.75) is 97.1 Å². The van der Waals surface area contributed by atoms with E-state index in [-0.39, 0.29) is 36.4 Å². The SMILES string of the molecule is CC.CC(C(=O)N1CC2(C1)CC(F)(F)C2)c1ccc(NC(=O)C(NC(=O)c2ccnn2C(C)C)C(C2CC2)C2CC2)c(F)c1. The molecule has 3 aliphatic carbocycles. The molecule has 6 rings (SSSR count). The Morgan fingerprint density at radius 1 is 0.977 bits per heavy atom. The van der Waals surface area contributed by atoms with E-state index in [9.17, 15) is 23.2 Å². The van der Waals surface area contributed by atoms with Crippen molar-refractivity contribution in [3.05, 3.63) is 47.5 Å². The highest BCUT2D eigenvalue weighted by Gasteiger charge is 2.62. The summed E-state index contributed by atoms with van der Waals surface area (Å²) in [5.41, 5.74) is 0.301. The van der Waals surface area contributed by atoms with Gasteiger partial charge in [0.15, 0.2) is 0 Å². The summed E-state index contributed by atoms with van der Waals surface area (Å²) in [7, 11) is 0. The first-order valence-corrected chi connectivity index (χ1v) is 16.0. The van der Waals surface area contributed by atoms with Crippen LogP contribution in [0.4, 0.5) is 18.9 Å². The number of nitrogens with zero attached hydrogens (tertiary/aromatic N) is 3. The fourth-order valence-corrected chi connectivity index (χ4v) is 7.07. The first kappa shape index (κ1) is 32.0. The highest BCUT2D eigenvalue weighted by Crippen LogP contribution is 2.57. The fourth-order valence-electron chi connectivity index (χ4n) is 7.07. The number of alkyl halides is 2. The number of rotatable bonds is 10. The summed E-state index contributed by atoms with van der Waals surface area (Å²) in [4.78, 5) is 41.5. The zero-order chi connectivity index (χ0) is 32.0.